The first-order valence-corrected chi connectivity index (χ1v) is 6.69. The molecular weight excluding hydrogens is 315 g/mol. The van der Waals surface area contributed by atoms with Crippen molar-refractivity contribution in [1.82, 2.24) is 0 Å². The molecule has 0 saturated carbocycles. The Labute approximate surface area is 130 Å². The van der Waals surface area contributed by atoms with Crippen molar-refractivity contribution in [2.45, 2.75) is 0 Å². The third kappa shape index (κ3) is 3.93. The lowest BCUT2D eigenvalue weighted by Gasteiger charge is -2.06. The standard InChI is InChI=1S/C14H10Cl2N2O3/c15-10-3-1-9(2-4-10)14(19)8-17-11-5-6-13(18(20)21)12(16)7-11/h1-7,17H,8H2. The zero-order valence-corrected chi connectivity index (χ0v) is 12.2. The van der Waals surface area contributed by atoms with Gasteiger partial charge in [-0.15, -0.1) is 0 Å². The van der Waals surface area contributed by atoms with Crippen molar-refractivity contribution in [2.24, 2.45) is 0 Å². The normalized spacial score (nSPS) is 10.2. The van der Waals surface area contributed by atoms with E-state index < -0.39 is 4.92 Å². The lowest BCUT2D eigenvalue weighted by Crippen LogP contribution is -2.13. The van der Waals surface area contributed by atoms with E-state index in [1.165, 1.54) is 18.2 Å². The molecule has 0 unspecified atom stereocenters. The number of nitrogens with zero attached hydrogens (tertiary/aromatic N) is 1. The van der Waals surface area contributed by atoms with Gasteiger partial charge in [0.1, 0.15) is 5.02 Å². The molecule has 7 heteroatoms. The predicted molar refractivity (Wildman–Crippen MR) is 82.4 cm³/mol. The lowest BCUT2D eigenvalue weighted by atomic mass is 10.1. The summed E-state index contributed by atoms with van der Waals surface area (Å²) in [5.41, 5.74) is 0.888. The van der Waals surface area contributed by atoms with E-state index in [1.807, 2.05) is 0 Å². The largest absolute Gasteiger partial charge is 0.378 e. The van der Waals surface area contributed by atoms with Gasteiger partial charge in [-0.1, -0.05) is 23.2 Å². The molecule has 1 N–H and O–H groups in total. The van der Waals surface area contributed by atoms with E-state index in [9.17, 15) is 14.9 Å². The molecule has 2 rings (SSSR count). The first-order chi connectivity index (χ1) is 9.97. The van der Waals surface area contributed by atoms with Crippen molar-refractivity contribution in [3.05, 3.63) is 68.2 Å². The van der Waals surface area contributed by atoms with Crippen molar-refractivity contribution in [3.63, 3.8) is 0 Å². The van der Waals surface area contributed by atoms with E-state index in [0.29, 0.717) is 16.3 Å². The van der Waals surface area contributed by atoms with Crippen molar-refractivity contribution in [3.8, 4) is 0 Å². The Hall–Kier alpha value is -2.11. The number of carbonyl (C=O) groups excluding carboxylic acids is 1. The van der Waals surface area contributed by atoms with Crippen LogP contribution in [0.1, 0.15) is 10.4 Å². The van der Waals surface area contributed by atoms with Crippen LogP contribution in [0, 0.1) is 10.1 Å². The molecule has 0 radical (unpaired) electrons. The Morgan fingerprint density at radius 1 is 1.14 bits per heavy atom. The van der Waals surface area contributed by atoms with E-state index in [2.05, 4.69) is 5.32 Å². The van der Waals surface area contributed by atoms with E-state index in [1.54, 1.807) is 24.3 Å². The Morgan fingerprint density at radius 3 is 2.38 bits per heavy atom. The summed E-state index contributed by atoms with van der Waals surface area (Å²) in [6.07, 6.45) is 0. The number of anilines is 1. The Balaban J connectivity index is 2.03. The number of hydrogen-bond donors (Lipinski definition) is 1. The average molecular weight is 325 g/mol. The van der Waals surface area contributed by atoms with E-state index in [-0.39, 0.29) is 23.0 Å². The minimum Gasteiger partial charge on any atom is -0.378 e. The molecule has 2 aromatic carbocycles. The fourth-order valence-electron chi connectivity index (χ4n) is 1.69. The molecule has 108 valence electrons. The summed E-state index contributed by atoms with van der Waals surface area (Å²) < 4.78 is 0. The maximum atomic E-state index is 11.9. The number of nitro groups is 1. The molecule has 0 fully saturated rings. The molecule has 0 aliphatic heterocycles. The Kier molecular flexibility index (Phi) is 4.77. The van der Waals surface area contributed by atoms with Crippen LogP contribution in [0.3, 0.4) is 0 Å². The van der Waals surface area contributed by atoms with Crippen LogP contribution in [0.4, 0.5) is 11.4 Å². The summed E-state index contributed by atoms with van der Waals surface area (Å²) >= 11 is 11.5. The zero-order chi connectivity index (χ0) is 15.4. The summed E-state index contributed by atoms with van der Waals surface area (Å²) in [6, 6.07) is 10.7. The smallest absolute Gasteiger partial charge is 0.288 e. The van der Waals surface area contributed by atoms with Gasteiger partial charge in [0, 0.05) is 22.3 Å². The van der Waals surface area contributed by atoms with Crippen LogP contribution < -0.4 is 5.32 Å². The Bertz CT molecular complexity index is 687. The number of rotatable bonds is 5. The molecule has 0 aliphatic carbocycles. The van der Waals surface area contributed by atoms with Gasteiger partial charge in [-0.25, -0.2) is 0 Å². The topological polar surface area (TPSA) is 72.2 Å². The molecule has 0 aromatic heterocycles. The maximum Gasteiger partial charge on any atom is 0.288 e. The second-order valence-electron chi connectivity index (χ2n) is 4.21. The highest BCUT2D eigenvalue weighted by Gasteiger charge is 2.12. The van der Waals surface area contributed by atoms with Gasteiger partial charge in [0.25, 0.3) is 5.69 Å². The van der Waals surface area contributed by atoms with Gasteiger partial charge in [-0.05, 0) is 36.4 Å². The molecule has 2 aromatic rings. The number of halogens is 2. The van der Waals surface area contributed by atoms with Crippen molar-refractivity contribution in [1.29, 1.82) is 0 Å². The van der Waals surface area contributed by atoms with E-state index >= 15 is 0 Å². The maximum absolute atomic E-state index is 11.9. The van der Waals surface area contributed by atoms with Crippen LogP contribution in [-0.4, -0.2) is 17.3 Å². The van der Waals surface area contributed by atoms with Crippen LogP contribution in [0.25, 0.3) is 0 Å². The van der Waals surface area contributed by atoms with Gasteiger partial charge in [0.05, 0.1) is 11.5 Å². The number of benzene rings is 2. The van der Waals surface area contributed by atoms with Crippen molar-refractivity contribution >= 4 is 40.4 Å². The first-order valence-electron chi connectivity index (χ1n) is 5.94. The van der Waals surface area contributed by atoms with Crippen LogP contribution in [0.15, 0.2) is 42.5 Å². The second kappa shape index (κ2) is 6.56. The van der Waals surface area contributed by atoms with Gasteiger partial charge >= 0.3 is 0 Å². The molecule has 0 bridgehead atoms. The quantitative estimate of drug-likeness (QED) is 0.508. The van der Waals surface area contributed by atoms with Gasteiger partial charge in [0.2, 0.25) is 0 Å². The van der Waals surface area contributed by atoms with Gasteiger partial charge in [-0.3, -0.25) is 14.9 Å². The highest BCUT2D eigenvalue weighted by Crippen LogP contribution is 2.27. The number of carbonyl (C=O) groups is 1. The van der Waals surface area contributed by atoms with E-state index in [4.69, 9.17) is 23.2 Å². The van der Waals surface area contributed by atoms with Gasteiger partial charge in [-0.2, -0.15) is 0 Å². The van der Waals surface area contributed by atoms with Crippen LogP contribution in [0.2, 0.25) is 10.0 Å². The third-order valence-corrected chi connectivity index (χ3v) is 3.32. The first kappa shape index (κ1) is 15.3. The van der Waals surface area contributed by atoms with Crippen LogP contribution in [-0.2, 0) is 0 Å². The summed E-state index contributed by atoms with van der Waals surface area (Å²) in [6.45, 7) is 0.0514. The SMILES string of the molecule is O=C(CNc1ccc([N+](=O)[O-])c(Cl)c1)c1ccc(Cl)cc1. The number of hydrogen-bond acceptors (Lipinski definition) is 4. The van der Waals surface area contributed by atoms with Gasteiger partial charge < -0.3 is 5.32 Å². The molecule has 0 heterocycles. The summed E-state index contributed by atoms with van der Waals surface area (Å²) in [5.74, 6) is -0.124. The second-order valence-corrected chi connectivity index (χ2v) is 5.05. The molecule has 0 atom stereocenters. The lowest BCUT2D eigenvalue weighted by molar-refractivity contribution is -0.384. The number of nitro benzene ring substituents is 1. The summed E-state index contributed by atoms with van der Waals surface area (Å²) in [7, 11) is 0. The summed E-state index contributed by atoms with van der Waals surface area (Å²) in [5, 5.41) is 14.1. The molecule has 0 amide bonds. The highest BCUT2D eigenvalue weighted by molar-refractivity contribution is 6.33. The average Bonchev–Trinajstić information content (AvgIpc) is 2.45. The summed E-state index contributed by atoms with van der Waals surface area (Å²) in [4.78, 5) is 22.0. The van der Waals surface area contributed by atoms with E-state index in [0.717, 1.165) is 0 Å². The van der Waals surface area contributed by atoms with Crippen LogP contribution >= 0.6 is 23.2 Å². The number of ketones is 1. The Morgan fingerprint density at radius 2 is 1.81 bits per heavy atom. The van der Waals surface area contributed by atoms with Crippen LogP contribution in [0.5, 0.6) is 0 Å². The molecule has 0 aliphatic rings. The zero-order valence-electron chi connectivity index (χ0n) is 10.7. The fraction of sp³-hybridized carbons (Fsp3) is 0.0714. The third-order valence-electron chi connectivity index (χ3n) is 2.76. The molecule has 0 saturated heterocycles. The fourth-order valence-corrected chi connectivity index (χ4v) is 2.06. The van der Waals surface area contributed by atoms with Crippen molar-refractivity contribution in [2.75, 3.05) is 11.9 Å². The molecular formula is C14H10Cl2N2O3. The number of Topliss-reactive ketones (excluding diaryl/α,β-unsaturated/α-hetero) is 1. The monoisotopic (exact) mass is 324 g/mol. The molecule has 0 spiro atoms. The van der Waals surface area contributed by atoms with Gasteiger partial charge in [0.15, 0.2) is 5.78 Å². The predicted octanol–water partition coefficient (Wildman–Crippen LogP) is 4.20. The highest BCUT2D eigenvalue weighted by atomic mass is 35.5. The minimum atomic E-state index is -0.565. The van der Waals surface area contributed by atoms with Crippen molar-refractivity contribution < 1.29 is 9.72 Å². The number of nitrogens with one attached hydrogen (secondary N) is 1. The molecule has 5 nitrogen and oxygen atoms in total. The minimum absolute atomic E-state index is 0.0175. The molecule has 21 heavy (non-hydrogen) atoms.